The van der Waals surface area contributed by atoms with Gasteiger partial charge in [0, 0.05) is 16.0 Å². The average molecular weight is 589 g/mol. The van der Waals surface area contributed by atoms with E-state index in [9.17, 15) is 23.6 Å². The first-order valence-electron chi connectivity index (χ1n) is 13.4. The molecule has 1 fully saturated rings. The molecule has 0 aromatic heterocycles. The summed E-state index contributed by atoms with van der Waals surface area (Å²) < 4.78 is 28.4. The molecule has 1 aliphatic rings. The van der Waals surface area contributed by atoms with E-state index in [2.05, 4.69) is 13.2 Å². The maximum Gasteiger partial charge on any atom is 0.371 e. The molecule has 216 valence electrons. The summed E-state index contributed by atoms with van der Waals surface area (Å²) in [5.41, 5.74) is 2.15. The Morgan fingerprint density at radius 1 is 0.738 bits per heavy atom. The molecular weight excluding hydrogens is 559 g/mol. The van der Waals surface area contributed by atoms with Crippen molar-refractivity contribution in [2.75, 3.05) is 0 Å². The molecule has 3 aromatic carbocycles. The predicted octanol–water partition coefficient (Wildman–Crippen LogP) is 7.40. The fraction of sp³-hybridized carbons (Fsp3) is 0.212. The molecule has 1 saturated carbocycles. The van der Waals surface area contributed by atoms with Crippen LogP contribution in [0.4, 0.5) is 4.39 Å². The smallest absolute Gasteiger partial charge is 0.371 e. The second kappa shape index (κ2) is 14.4. The lowest BCUT2D eigenvalue weighted by atomic mass is 9.98. The zero-order valence-electron chi connectivity index (χ0n) is 22.8. The van der Waals surface area contributed by atoms with Crippen molar-refractivity contribution >= 4 is 34.8 Å². The molecule has 0 radical (unpaired) electrons. The van der Waals surface area contributed by atoms with Crippen LogP contribution in [-0.2, 0) is 19.1 Å². The van der Waals surface area contributed by atoms with E-state index in [-0.39, 0.29) is 34.7 Å². The zero-order valence-corrected chi connectivity index (χ0v) is 23.6. The van der Waals surface area contributed by atoms with Crippen molar-refractivity contribution in [3.63, 3.8) is 0 Å². The first kappa shape index (κ1) is 30.5. The second-order valence-electron chi connectivity index (χ2n) is 9.68. The first-order valence-corrected chi connectivity index (χ1v) is 14.2. The van der Waals surface area contributed by atoms with E-state index in [4.69, 9.17) is 14.2 Å². The van der Waals surface area contributed by atoms with E-state index >= 15 is 0 Å². The lowest BCUT2D eigenvalue weighted by Gasteiger charge is -2.21. The van der Waals surface area contributed by atoms with Gasteiger partial charge in [0.2, 0.25) is 10.9 Å². The third-order valence-corrected chi connectivity index (χ3v) is 7.41. The Labute approximate surface area is 247 Å². The molecule has 0 spiro atoms. The molecule has 0 atom stereocenters. The van der Waals surface area contributed by atoms with Gasteiger partial charge in [-0.25, -0.2) is 9.59 Å². The van der Waals surface area contributed by atoms with Crippen molar-refractivity contribution in [2.24, 2.45) is 0 Å². The maximum atomic E-state index is 12.8. The third kappa shape index (κ3) is 8.75. The summed E-state index contributed by atoms with van der Waals surface area (Å²) in [5.74, 6) is -3.07. The Bertz CT molecular complexity index is 1470. The number of carbonyl (C=O) groups is 4. The van der Waals surface area contributed by atoms with E-state index in [1.54, 1.807) is 60.7 Å². The van der Waals surface area contributed by atoms with Crippen molar-refractivity contribution in [3.05, 3.63) is 103 Å². The highest BCUT2D eigenvalue weighted by atomic mass is 32.2. The molecule has 0 aliphatic heterocycles. The Balaban J connectivity index is 1.26. The molecule has 4 rings (SSSR count). The van der Waals surface area contributed by atoms with E-state index < -0.39 is 23.7 Å². The zero-order chi connectivity index (χ0) is 30.1. The predicted molar refractivity (Wildman–Crippen MR) is 157 cm³/mol. The standard InChI is InChI=1S/C33H29FO7S/c1-21(20-30(35)39-26-6-4-3-5-7-26)31(36)40-28-16-18-29(19-17-28)42-33(38)25-10-8-23(9-11-25)24-12-14-27(15-13-24)41-32(37)22(2)34/h8-19,26H,1-7,20H2. The molecule has 9 heteroatoms. The Morgan fingerprint density at radius 3 is 1.83 bits per heavy atom. The Hall–Kier alpha value is -4.50. The summed E-state index contributed by atoms with van der Waals surface area (Å²) in [5, 5.41) is -0.176. The SMILES string of the molecule is C=C(F)C(=O)Oc1ccc(-c2ccc(C(=O)Sc3ccc(OC(=O)C(=C)CC(=O)OC4CCCCC4)cc3)cc2)cc1. The molecule has 0 heterocycles. The highest BCUT2D eigenvalue weighted by Gasteiger charge is 2.21. The van der Waals surface area contributed by atoms with Crippen LogP contribution >= 0.6 is 11.8 Å². The molecular formula is C33H29FO7S. The van der Waals surface area contributed by atoms with Crippen LogP contribution in [0.1, 0.15) is 48.9 Å². The van der Waals surface area contributed by atoms with Gasteiger partial charge in [0.15, 0.2) is 0 Å². The van der Waals surface area contributed by atoms with Gasteiger partial charge in [0.1, 0.15) is 17.6 Å². The van der Waals surface area contributed by atoms with Crippen molar-refractivity contribution in [1.29, 1.82) is 0 Å². The minimum atomic E-state index is -1.18. The quantitative estimate of drug-likeness (QED) is 0.105. The molecule has 0 saturated heterocycles. The molecule has 0 unspecified atom stereocenters. The fourth-order valence-electron chi connectivity index (χ4n) is 4.25. The van der Waals surface area contributed by atoms with Crippen LogP contribution in [0.3, 0.4) is 0 Å². The van der Waals surface area contributed by atoms with Gasteiger partial charge in [0.25, 0.3) is 0 Å². The van der Waals surface area contributed by atoms with Crippen LogP contribution in [0, 0.1) is 0 Å². The number of benzene rings is 3. The van der Waals surface area contributed by atoms with E-state index in [1.165, 1.54) is 12.1 Å². The number of thioether (sulfide) groups is 1. The summed E-state index contributed by atoms with van der Waals surface area (Å²) in [7, 11) is 0. The molecule has 0 amide bonds. The number of halogens is 1. The van der Waals surface area contributed by atoms with Crippen LogP contribution in [0.25, 0.3) is 11.1 Å². The van der Waals surface area contributed by atoms with Crippen LogP contribution in [0.15, 0.2) is 102 Å². The monoisotopic (exact) mass is 588 g/mol. The van der Waals surface area contributed by atoms with Crippen molar-refractivity contribution in [1.82, 2.24) is 0 Å². The normalized spacial score (nSPS) is 13.1. The van der Waals surface area contributed by atoms with Crippen molar-refractivity contribution in [3.8, 4) is 22.6 Å². The lowest BCUT2D eigenvalue weighted by molar-refractivity contribution is -0.150. The Morgan fingerprint density at radius 2 is 1.26 bits per heavy atom. The van der Waals surface area contributed by atoms with Crippen LogP contribution in [0.2, 0.25) is 0 Å². The molecule has 7 nitrogen and oxygen atoms in total. The second-order valence-corrected chi connectivity index (χ2v) is 10.7. The number of hydrogen-bond donors (Lipinski definition) is 0. The van der Waals surface area contributed by atoms with Gasteiger partial charge in [-0.2, -0.15) is 4.39 Å². The van der Waals surface area contributed by atoms with Crippen molar-refractivity contribution < 1.29 is 37.8 Å². The lowest BCUT2D eigenvalue weighted by Crippen LogP contribution is -2.22. The molecule has 0 bridgehead atoms. The van der Waals surface area contributed by atoms with Gasteiger partial charge in [-0.15, -0.1) is 0 Å². The van der Waals surface area contributed by atoms with Gasteiger partial charge in [-0.3, -0.25) is 9.59 Å². The highest BCUT2D eigenvalue weighted by Crippen LogP contribution is 2.28. The van der Waals surface area contributed by atoms with Gasteiger partial charge in [-0.1, -0.05) is 43.8 Å². The molecule has 42 heavy (non-hydrogen) atoms. The van der Waals surface area contributed by atoms with Crippen LogP contribution in [0.5, 0.6) is 11.5 Å². The molecule has 3 aromatic rings. The number of rotatable bonds is 10. The fourth-order valence-corrected chi connectivity index (χ4v) is 4.99. The van der Waals surface area contributed by atoms with E-state index in [1.807, 2.05) is 0 Å². The van der Waals surface area contributed by atoms with Crippen molar-refractivity contribution in [2.45, 2.75) is 49.5 Å². The third-order valence-electron chi connectivity index (χ3n) is 6.48. The number of esters is 3. The topological polar surface area (TPSA) is 96.0 Å². The van der Waals surface area contributed by atoms with Crippen LogP contribution in [-0.4, -0.2) is 29.1 Å². The molecule has 1 aliphatic carbocycles. The molecule has 0 N–H and O–H groups in total. The van der Waals surface area contributed by atoms with Gasteiger partial charge in [0.05, 0.1) is 6.42 Å². The minimum absolute atomic E-state index is 0.00958. The highest BCUT2D eigenvalue weighted by molar-refractivity contribution is 8.14. The number of carbonyl (C=O) groups excluding carboxylic acids is 4. The van der Waals surface area contributed by atoms with Gasteiger partial charge < -0.3 is 14.2 Å². The minimum Gasteiger partial charge on any atom is -0.462 e. The maximum absolute atomic E-state index is 12.8. The summed E-state index contributed by atoms with van der Waals surface area (Å²) in [6, 6.07) is 19.9. The van der Waals surface area contributed by atoms with E-state index in [0.717, 1.165) is 55.0 Å². The first-order chi connectivity index (χ1) is 20.2. The summed E-state index contributed by atoms with van der Waals surface area (Å²) in [6.45, 7) is 6.56. The van der Waals surface area contributed by atoms with Gasteiger partial charge >= 0.3 is 17.9 Å². The Kier molecular flexibility index (Phi) is 10.4. The largest absolute Gasteiger partial charge is 0.462 e. The summed E-state index contributed by atoms with van der Waals surface area (Å²) in [6.07, 6.45) is 4.58. The number of hydrogen-bond acceptors (Lipinski definition) is 8. The van der Waals surface area contributed by atoms with E-state index in [0.29, 0.717) is 10.5 Å². The summed E-state index contributed by atoms with van der Waals surface area (Å²) >= 11 is 1.02. The summed E-state index contributed by atoms with van der Waals surface area (Å²) in [4.78, 5) is 49.3. The van der Waals surface area contributed by atoms with Crippen LogP contribution < -0.4 is 9.47 Å². The number of ether oxygens (including phenoxy) is 3. The average Bonchev–Trinajstić information content (AvgIpc) is 2.99. The van der Waals surface area contributed by atoms with Gasteiger partial charge in [-0.05, 0) is 97.1 Å².